The maximum absolute atomic E-state index is 10.1. The van der Waals surface area contributed by atoms with E-state index in [9.17, 15) is 5.11 Å². The maximum Gasteiger partial charge on any atom is 0.118 e. The highest BCUT2D eigenvalue weighted by atomic mass is 16.3. The van der Waals surface area contributed by atoms with E-state index in [-0.39, 0.29) is 0 Å². The molecular weight excluding hydrogens is 246 g/mol. The van der Waals surface area contributed by atoms with Gasteiger partial charge in [-0.15, -0.1) is 0 Å². The average molecular weight is 273 g/mol. The molecule has 2 heteroatoms. The zero-order valence-corrected chi connectivity index (χ0v) is 12.5. The number of phenolic OH excluding ortho intramolecular Hbond substituents is 1. The third-order valence-corrected chi connectivity index (χ3v) is 4.98. The van der Waals surface area contributed by atoms with Crippen molar-refractivity contribution < 1.29 is 5.11 Å². The molecule has 2 fully saturated rings. The number of piperidine rings is 1. The Balaban J connectivity index is 1.65. The first-order chi connectivity index (χ1) is 9.81. The molecule has 1 saturated carbocycles. The van der Waals surface area contributed by atoms with Crippen LogP contribution >= 0.6 is 0 Å². The summed E-state index contributed by atoms with van der Waals surface area (Å²) in [5, 5.41) is 10.1. The minimum Gasteiger partial charge on any atom is -0.508 e. The molecule has 1 heterocycles. The van der Waals surface area contributed by atoms with Crippen molar-refractivity contribution in [3.8, 4) is 5.75 Å². The Hall–Kier alpha value is -1.02. The third kappa shape index (κ3) is 3.54. The summed E-state index contributed by atoms with van der Waals surface area (Å²) in [6, 6.07) is 6.26. The first-order valence-corrected chi connectivity index (χ1v) is 8.34. The second-order valence-corrected chi connectivity index (χ2v) is 6.65. The van der Waals surface area contributed by atoms with Crippen LogP contribution in [-0.2, 0) is 13.0 Å². The topological polar surface area (TPSA) is 23.5 Å². The lowest BCUT2D eigenvalue weighted by Gasteiger charge is -2.26. The Morgan fingerprint density at radius 3 is 2.50 bits per heavy atom. The van der Waals surface area contributed by atoms with E-state index < -0.39 is 0 Å². The second-order valence-electron chi connectivity index (χ2n) is 6.65. The SMILES string of the molecule is Oc1ccc(CN2CCCCC2)cc1CC1CCCC1. The number of rotatable bonds is 4. The molecule has 0 amide bonds. The fourth-order valence-corrected chi connectivity index (χ4v) is 3.80. The lowest BCUT2D eigenvalue weighted by atomic mass is 9.96. The van der Waals surface area contributed by atoms with Crippen LogP contribution in [0.2, 0.25) is 0 Å². The molecule has 110 valence electrons. The summed E-state index contributed by atoms with van der Waals surface area (Å²) in [5.74, 6) is 1.30. The molecule has 0 bridgehead atoms. The summed E-state index contributed by atoms with van der Waals surface area (Å²) in [4.78, 5) is 2.55. The Kier molecular flexibility index (Phi) is 4.62. The van der Waals surface area contributed by atoms with Gasteiger partial charge in [0.2, 0.25) is 0 Å². The normalized spacial score (nSPS) is 21.4. The zero-order valence-electron chi connectivity index (χ0n) is 12.5. The van der Waals surface area contributed by atoms with Gasteiger partial charge in [0.1, 0.15) is 5.75 Å². The molecule has 20 heavy (non-hydrogen) atoms. The standard InChI is InChI=1S/C18H27NO/c20-18-9-8-16(14-19-10-4-1-5-11-19)13-17(18)12-15-6-2-3-7-15/h8-9,13,15,20H,1-7,10-12,14H2. The van der Waals surface area contributed by atoms with Crippen LogP contribution in [0.1, 0.15) is 56.1 Å². The summed E-state index contributed by atoms with van der Waals surface area (Å²) in [5.41, 5.74) is 2.55. The van der Waals surface area contributed by atoms with Gasteiger partial charge in [0.25, 0.3) is 0 Å². The molecule has 1 aromatic rings. The summed E-state index contributed by atoms with van der Waals surface area (Å²) in [6.07, 6.45) is 10.6. The van der Waals surface area contributed by atoms with Gasteiger partial charge in [-0.3, -0.25) is 4.90 Å². The lowest BCUT2D eigenvalue weighted by Crippen LogP contribution is -2.29. The molecule has 0 spiro atoms. The van der Waals surface area contributed by atoms with Crippen LogP contribution in [-0.4, -0.2) is 23.1 Å². The molecule has 0 aromatic heterocycles. The van der Waals surface area contributed by atoms with Gasteiger partial charge in [-0.1, -0.05) is 44.2 Å². The van der Waals surface area contributed by atoms with E-state index in [1.165, 1.54) is 69.2 Å². The molecule has 2 nitrogen and oxygen atoms in total. The van der Waals surface area contributed by atoms with Crippen LogP contribution in [0, 0.1) is 5.92 Å². The van der Waals surface area contributed by atoms with Crippen LogP contribution in [0.25, 0.3) is 0 Å². The molecule has 1 aliphatic heterocycles. The Bertz CT molecular complexity index is 431. The smallest absolute Gasteiger partial charge is 0.118 e. The summed E-state index contributed by atoms with van der Waals surface area (Å²) in [7, 11) is 0. The molecule has 2 aliphatic rings. The number of aromatic hydroxyl groups is 1. The summed E-state index contributed by atoms with van der Waals surface area (Å²) in [6.45, 7) is 3.52. The molecule has 3 rings (SSSR count). The molecule has 0 atom stereocenters. The fraction of sp³-hybridized carbons (Fsp3) is 0.667. The largest absolute Gasteiger partial charge is 0.508 e. The minimum atomic E-state index is 0.499. The van der Waals surface area contributed by atoms with Gasteiger partial charge in [0.15, 0.2) is 0 Å². The van der Waals surface area contributed by atoms with Crippen molar-refractivity contribution in [2.45, 2.75) is 57.9 Å². The zero-order chi connectivity index (χ0) is 13.8. The van der Waals surface area contributed by atoms with Crippen molar-refractivity contribution in [2.75, 3.05) is 13.1 Å². The number of hydrogen-bond acceptors (Lipinski definition) is 2. The molecule has 1 saturated heterocycles. The second kappa shape index (κ2) is 6.62. The molecule has 0 radical (unpaired) electrons. The van der Waals surface area contributed by atoms with E-state index in [1.54, 1.807) is 0 Å². The Morgan fingerprint density at radius 1 is 1.00 bits per heavy atom. The first-order valence-electron chi connectivity index (χ1n) is 8.34. The number of nitrogens with zero attached hydrogens (tertiary/aromatic N) is 1. The van der Waals surface area contributed by atoms with Gasteiger partial charge in [-0.2, -0.15) is 0 Å². The predicted molar refractivity (Wildman–Crippen MR) is 82.9 cm³/mol. The van der Waals surface area contributed by atoms with Crippen molar-refractivity contribution in [1.82, 2.24) is 4.90 Å². The third-order valence-electron chi connectivity index (χ3n) is 4.98. The molecule has 0 unspecified atom stereocenters. The van der Waals surface area contributed by atoms with E-state index in [4.69, 9.17) is 0 Å². The number of benzene rings is 1. The Morgan fingerprint density at radius 2 is 1.75 bits per heavy atom. The lowest BCUT2D eigenvalue weighted by molar-refractivity contribution is 0.221. The van der Waals surface area contributed by atoms with E-state index in [0.29, 0.717) is 5.75 Å². The highest BCUT2D eigenvalue weighted by Gasteiger charge is 2.18. The minimum absolute atomic E-state index is 0.499. The average Bonchev–Trinajstić information content (AvgIpc) is 2.97. The van der Waals surface area contributed by atoms with Crippen molar-refractivity contribution in [3.05, 3.63) is 29.3 Å². The Labute approximate surface area is 122 Å². The number of hydrogen-bond donors (Lipinski definition) is 1. The number of likely N-dealkylation sites (tertiary alicyclic amines) is 1. The van der Waals surface area contributed by atoms with Crippen molar-refractivity contribution >= 4 is 0 Å². The van der Waals surface area contributed by atoms with Crippen molar-refractivity contribution in [1.29, 1.82) is 0 Å². The van der Waals surface area contributed by atoms with Crippen molar-refractivity contribution in [3.63, 3.8) is 0 Å². The molecule has 1 aromatic carbocycles. The van der Waals surface area contributed by atoms with Gasteiger partial charge in [-0.05, 0) is 55.5 Å². The highest BCUT2D eigenvalue weighted by Crippen LogP contribution is 2.31. The predicted octanol–water partition coefficient (Wildman–Crippen LogP) is 4.11. The number of phenols is 1. The summed E-state index contributed by atoms with van der Waals surface area (Å²) < 4.78 is 0. The van der Waals surface area contributed by atoms with E-state index in [1.807, 2.05) is 6.07 Å². The highest BCUT2D eigenvalue weighted by molar-refractivity contribution is 5.36. The summed E-state index contributed by atoms with van der Waals surface area (Å²) >= 11 is 0. The van der Waals surface area contributed by atoms with Gasteiger partial charge in [0.05, 0.1) is 0 Å². The van der Waals surface area contributed by atoms with E-state index in [2.05, 4.69) is 17.0 Å². The van der Waals surface area contributed by atoms with Crippen LogP contribution in [0.15, 0.2) is 18.2 Å². The van der Waals surface area contributed by atoms with Gasteiger partial charge < -0.3 is 5.11 Å². The molecular formula is C18H27NO. The maximum atomic E-state index is 10.1. The first kappa shape index (κ1) is 13.9. The van der Waals surface area contributed by atoms with Crippen LogP contribution in [0.5, 0.6) is 5.75 Å². The van der Waals surface area contributed by atoms with Crippen molar-refractivity contribution in [2.24, 2.45) is 5.92 Å². The molecule has 1 aliphatic carbocycles. The van der Waals surface area contributed by atoms with Gasteiger partial charge in [-0.25, -0.2) is 0 Å². The molecule has 1 N–H and O–H groups in total. The van der Waals surface area contributed by atoms with E-state index in [0.717, 1.165) is 18.9 Å². The van der Waals surface area contributed by atoms with E-state index >= 15 is 0 Å². The monoisotopic (exact) mass is 273 g/mol. The van der Waals surface area contributed by atoms with Crippen LogP contribution in [0.4, 0.5) is 0 Å². The fourth-order valence-electron chi connectivity index (χ4n) is 3.80. The quantitative estimate of drug-likeness (QED) is 0.892. The van der Waals surface area contributed by atoms with Crippen LogP contribution < -0.4 is 0 Å². The van der Waals surface area contributed by atoms with Crippen LogP contribution in [0.3, 0.4) is 0 Å². The van der Waals surface area contributed by atoms with Gasteiger partial charge >= 0.3 is 0 Å². The van der Waals surface area contributed by atoms with Gasteiger partial charge in [0, 0.05) is 6.54 Å².